The Hall–Kier alpha value is -0.420. The topological polar surface area (TPSA) is 61.7 Å². The van der Waals surface area contributed by atoms with Crippen LogP contribution in [0.3, 0.4) is 0 Å². The normalized spacial score (nSPS) is 17.7. The number of rotatable bonds is 6. The molecule has 3 N–H and O–H groups in total. The number of hydrogen-bond donors (Lipinski definition) is 3. The molecule has 0 unspecified atom stereocenters. The van der Waals surface area contributed by atoms with Crippen LogP contribution in [0.25, 0.3) is 0 Å². The standard InChI is InChI=1S/C11H21NO3/c1-2-11(8-13,9-14)12-6-10-4-3-5-15-7-10/h4,12-14H,2-3,5-9H2,1H3. The van der Waals surface area contributed by atoms with Crippen LogP contribution in [0.15, 0.2) is 11.6 Å². The van der Waals surface area contributed by atoms with Crippen molar-refractivity contribution in [2.75, 3.05) is 33.0 Å². The summed E-state index contributed by atoms with van der Waals surface area (Å²) in [6.07, 6.45) is 3.81. The molecule has 0 aromatic carbocycles. The van der Waals surface area contributed by atoms with Gasteiger partial charge < -0.3 is 20.3 Å². The van der Waals surface area contributed by atoms with E-state index in [0.29, 0.717) is 19.6 Å². The number of aliphatic hydroxyl groups is 2. The second kappa shape index (κ2) is 6.23. The monoisotopic (exact) mass is 215 g/mol. The van der Waals surface area contributed by atoms with Crippen LogP contribution < -0.4 is 5.32 Å². The highest BCUT2D eigenvalue weighted by atomic mass is 16.5. The Morgan fingerprint density at radius 2 is 2.20 bits per heavy atom. The van der Waals surface area contributed by atoms with E-state index in [4.69, 9.17) is 4.74 Å². The Bertz CT molecular complexity index is 204. The largest absolute Gasteiger partial charge is 0.394 e. The molecule has 0 aromatic rings. The van der Waals surface area contributed by atoms with Crippen molar-refractivity contribution in [3.05, 3.63) is 11.6 Å². The minimum absolute atomic E-state index is 0.0475. The highest BCUT2D eigenvalue weighted by molar-refractivity contribution is 5.08. The van der Waals surface area contributed by atoms with E-state index in [1.807, 2.05) is 6.92 Å². The van der Waals surface area contributed by atoms with Crippen LogP contribution in [0.1, 0.15) is 19.8 Å². The zero-order chi connectivity index (χ0) is 11.1. The van der Waals surface area contributed by atoms with Crippen LogP contribution in [-0.4, -0.2) is 48.7 Å². The number of nitrogens with one attached hydrogen (secondary N) is 1. The fourth-order valence-corrected chi connectivity index (χ4v) is 1.54. The molecule has 1 rings (SSSR count). The fourth-order valence-electron chi connectivity index (χ4n) is 1.54. The average Bonchev–Trinajstić information content (AvgIpc) is 2.33. The van der Waals surface area contributed by atoms with Crippen LogP contribution in [0.2, 0.25) is 0 Å². The average molecular weight is 215 g/mol. The van der Waals surface area contributed by atoms with Gasteiger partial charge in [0.1, 0.15) is 0 Å². The first-order valence-corrected chi connectivity index (χ1v) is 5.49. The van der Waals surface area contributed by atoms with E-state index in [2.05, 4.69) is 11.4 Å². The van der Waals surface area contributed by atoms with Gasteiger partial charge in [0.05, 0.1) is 32.0 Å². The van der Waals surface area contributed by atoms with Gasteiger partial charge in [-0.25, -0.2) is 0 Å². The highest BCUT2D eigenvalue weighted by Gasteiger charge is 2.25. The molecule has 0 aliphatic carbocycles. The molecule has 0 atom stereocenters. The quantitative estimate of drug-likeness (QED) is 0.548. The van der Waals surface area contributed by atoms with Crippen molar-refractivity contribution >= 4 is 0 Å². The van der Waals surface area contributed by atoms with Crippen molar-refractivity contribution in [3.8, 4) is 0 Å². The second-order valence-corrected chi connectivity index (χ2v) is 4.01. The van der Waals surface area contributed by atoms with Gasteiger partial charge >= 0.3 is 0 Å². The summed E-state index contributed by atoms with van der Waals surface area (Å²) in [5.74, 6) is 0. The van der Waals surface area contributed by atoms with Gasteiger partial charge in [0.15, 0.2) is 0 Å². The Balaban J connectivity index is 2.42. The van der Waals surface area contributed by atoms with Gasteiger partial charge in [-0.15, -0.1) is 0 Å². The van der Waals surface area contributed by atoms with Gasteiger partial charge in [-0.2, -0.15) is 0 Å². The molecular formula is C11H21NO3. The first kappa shape index (κ1) is 12.6. The molecule has 88 valence electrons. The first-order valence-electron chi connectivity index (χ1n) is 5.49. The summed E-state index contributed by atoms with van der Waals surface area (Å²) in [7, 11) is 0. The maximum absolute atomic E-state index is 9.23. The molecular weight excluding hydrogens is 194 g/mol. The predicted octanol–water partition coefficient (Wildman–Crippen LogP) is 0.0561. The summed E-state index contributed by atoms with van der Waals surface area (Å²) in [6, 6.07) is 0. The van der Waals surface area contributed by atoms with Crippen LogP contribution in [0.4, 0.5) is 0 Å². The minimum Gasteiger partial charge on any atom is -0.394 e. The third kappa shape index (κ3) is 3.57. The van der Waals surface area contributed by atoms with E-state index in [1.54, 1.807) is 0 Å². The SMILES string of the molecule is CCC(CO)(CO)NCC1=CCCOC1. The third-order valence-electron chi connectivity index (χ3n) is 2.96. The molecule has 0 radical (unpaired) electrons. The fraction of sp³-hybridized carbons (Fsp3) is 0.818. The van der Waals surface area contributed by atoms with Crippen LogP contribution in [0, 0.1) is 0 Å². The molecule has 15 heavy (non-hydrogen) atoms. The zero-order valence-corrected chi connectivity index (χ0v) is 9.33. The van der Waals surface area contributed by atoms with E-state index in [9.17, 15) is 10.2 Å². The van der Waals surface area contributed by atoms with Crippen molar-refractivity contribution < 1.29 is 14.9 Å². The van der Waals surface area contributed by atoms with E-state index in [0.717, 1.165) is 13.0 Å². The van der Waals surface area contributed by atoms with Crippen LogP contribution in [0.5, 0.6) is 0 Å². The summed E-state index contributed by atoms with van der Waals surface area (Å²) in [4.78, 5) is 0. The molecule has 0 fully saturated rings. The van der Waals surface area contributed by atoms with Gasteiger partial charge in [0, 0.05) is 6.54 Å². The number of ether oxygens (including phenoxy) is 1. The van der Waals surface area contributed by atoms with Crippen molar-refractivity contribution in [3.63, 3.8) is 0 Å². The summed E-state index contributed by atoms with van der Waals surface area (Å²) >= 11 is 0. The summed E-state index contributed by atoms with van der Waals surface area (Å²) in [5, 5.41) is 21.7. The van der Waals surface area contributed by atoms with Crippen molar-refractivity contribution in [1.82, 2.24) is 5.32 Å². The molecule has 0 bridgehead atoms. The smallest absolute Gasteiger partial charge is 0.0689 e. The third-order valence-corrected chi connectivity index (χ3v) is 2.96. The van der Waals surface area contributed by atoms with E-state index in [-0.39, 0.29) is 13.2 Å². The van der Waals surface area contributed by atoms with Gasteiger partial charge in [0.2, 0.25) is 0 Å². The van der Waals surface area contributed by atoms with Crippen molar-refractivity contribution in [2.24, 2.45) is 0 Å². The molecule has 0 amide bonds. The van der Waals surface area contributed by atoms with E-state index >= 15 is 0 Å². The maximum atomic E-state index is 9.23. The predicted molar refractivity (Wildman–Crippen MR) is 58.7 cm³/mol. The van der Waals surface area contributed by atoms with Crippen LogP contribution >= 0.6 is 0 Å². The summed E-state index contributed by atoms with van der Waals surface area (Å²) < 4.78 is 5.31. The Kier molecular flexibility index (Phi) is 5.25. The second-order valence-electron chi connectivity index (χ2n) is 4.01. The molecule has 1 heterocycles. The Labute approximate surface area is 90.9 Å². The van der Waals surface area contributed by atoms with Gasteiger partial charge in [-0.1, -0.05) is 13.0 Å². The molecule has 0 saturated heterocycles. The van der Waals surface area contributed by atoms with Gasteiger partial charge in [-0.05, 0) is 18.4 Å². The van der Waals surface area contributed by atoms with E-state index in [1.165, 1.54) is 5.57 Å². The van der Waals surface area contributed by atoms with Crippen LogP contribution in [-0.2, 0) is 4.74 Å². The van der Waals surface area contributed by atoms with Gasteiger partial charge in [-0.3, -0.25) is 0 Å². The van der Waals surface area contributed by atoms with Gasteiger partial charge in [0.25, 0.3) is 0 Å². The van der Waals surface area contributed by atoms with E-state index < -0.39 is 5.54 Å². The lowest BCUT2D eigenvalue weighted by atomic mass is 9.98. The zero-order valence-electron chi connectivity index (χ0n) is 9.33. The number of aliphatic hydroxyl groups excluding tert-OH is 2. The lowest BCUT2D eigenvalue weighted by molar-refractivity contribution is 0.0873. The summed E-state index contributed by atoms with van der Waals surface area (Å²) in [6.45, 7) is 3.98. The molecule has 4 nitrogen and oxygen atoms in total. The molecule has 0 aromatic heterocycles. The highest BCUT2D eigenvalue weighted by Crippen LogP contribution is 2.11. The van der Waals surface area contributed by atoms with Crippen molar-refractivity contribution in [2.45, 2.75) is 25.3 Å². The maximum Gasteiger partial charge on any atom is 0.0689 e. The Morgan fingerprint density at radius 3 is 2.67 bits per heavy atom. The summed E-state index contributed by atoms with van der Waals surface area (Å²) in [5.41, 5.74) is 0.638. The molecule has 1 aliphatic rings. The Morgan fingerprint density at radius 1 is 1.47 bits per heavy atom. The molecule has 0 spiro atoms. The molecule has 4 heteroatoms. The number of hydrogen-bond acceptors (Lipinski definition) is 4. The molecule has 0 saturated carbocycles. The minimum atomic E-state index is -0.557. The first-order chi connectivity index (χ1) is 7.26. The lowest BCUT2D eigenvalue weighted by Gasteiger charge is -2.30. The lowest BCUT2D eigenvalue weighted by Crippen LogP contribution is -2.52. The molecule has 1 aliphatic heterocycles. The van der Waals surface area contributed by atoms with Crippen molar-refractivity contribution in [1.29, 1.82) is 0 Å².